The molecule has 36 heavy (non-hydrogen) atoms. The molecule has 1 saturated heterocycles. The van der Waals surface area contributed by atoms with Gasteiger partial charge in [0, 0.05) is 12.5 Å². The van der Waals surface area contributed by atoms with Gasteiger partial charge in [-0.3, -0.25) is 4.79 Å². The van der Waals surface area contributed by atoms with Gasteiger partial charge in [-0.05, 0) is 66.1 Å². The van der Waals surface area contributed by atoms with Crippen LogP contribution in [-0.2, 0) is 16.1 Å². The molecule has 0 spiro atoms. The number of benzene rings is 3. The molecule has 1 aliphatic heterocycles. The highest BCUT2D eigenvalue weighted by molar-refractivity contribution is 5.85. The maximum Gasteiger partial charge on any atom is 0.407 e. The highest BCUT2D eigenvalue weighted by Gasteiger charge is 2.30. The first-order valence-corrected chi connectivity index (χ1v) is 12.8. The van der Waals surface area contributed by atoms with Gasteiger partial charge < -0.3 is 20.7 Å². The monoisotopic (exact) mass is 483 g/mol. The largest absolute Gasteiger partial charge is 0.449 e. The lowest BCUT2D eigenvalue weighted by Gasteiger charge is -2.27. The summed E-state index contributed by atoms with van der Waals surface area (Å²) in [6, 6.07) is 25.7. The van der Waals surface area contributed by atoms with E-state index < -0.39 is 12.1 Å². The van der Waals surface area contributed by atoms with Crippen molar-refractivity contribution in [3.63, 3.8) is 0 Å². The summed E-state index contributed by atoms with van der Waals surface area (Å²) in [6.45, 7) is 2.53. The maximum atomic E-state index is 13.1. The lowest BCUT2D eigenvalue weighted by Crippen LogP contribution is -2.48. The number of piperidine rings is 1. The van der Waals surface area contributed by atoms with Crippen LogP contribution in [0.3, 0.4) is 0 Å². The third kappa shape index (κ3) is 5.60. The van der Waals surface area contributed by atoms with Crippen molar-refractivity contribution in [2.75, 3.05) is 19.7 Å². The van der Waals surface area contributed by atoms with E-state index in [1.165, 1.54) is 22.3 Å². The molecule has 2 amide bonds. The predicted octanol–water partition coefficient (Wildman–Crippen LogP) is 4.60. The maximum absolute atomic E-state index is 13.1. The summed E-state index contributed by atoms with van der Waals surface area (Å²) in [5.41, 5.74) is 5.72. The molecule has 0 saturated carbocycles. The normalized spacial score (nSPS) is 16.0. The Kier molecular flexibility index (Phi) is 7.62. The van der Waals surface area contributed by atoms with Crippen LogP contribution in [0, 0.1) is 5.92 Å². The van der Waals surface area contributed by atoms with E-state index in [0.717, 1.165) is 31.5 Å². The van der Waals surface area contributed by atoms with Crippen LogP contribution in [0.1, 0.15) is 41.9 Å². The zero-order valence-corrected chi connectivity index (χ0v) is 20.4. The second-order valence-electron chi connectivity index (χ2n) is 9.65. The van der Waals surface area contributed by atoms with E-state index in [4.69, 9.17) is 4.74 Å². The van der Waals surface area contributed by atoms with Crippen molar-refractivity contribution in [3.05, 3.63) is 95.6 Å². The number of fused-ring (bicyclic) bond motifs is 3. The highest BCUT2D eigenvalue weighted by atomic mass is 16.5. The zero-order valence-electron chi connectivity index (χ0n) is 20.4. The van der Waals surface area contributed by atoms with Crippen LogP contribution in [0.4, 0.5) is 4.79 Å². The molecular weight excluding hydrogens is 450 g/mol. The van der Waals surface area contributed by atoms with Gasteiger partial charge in [0.2, 0.25) is 5.91 Å². The topological polar surface area (TPSA) is 79.5 Å². The molecule has 5 rings (SSSR count). The average Bonchev–Trinajstić information content (AvgIpc) is 3.25. The molecule has 3 N–H and O–H groups in total. The van der Waals surface area contributed by atoms with Crippen LogP contribution in [-0.4, -0.2) is 37.7 Å². The molecule has 0 bridgehead atoms. The van der Waals surface area contributed by atoms with Crippen molar-refractivity contribution in [1.29, 1.82) is 0 Å². The minimum absolute atomic E-state index is 0.0158. The highest BCUT2D eigenvalue weighted by Crippen LogP contribution is 2.44. The number of hydrogen-bond acceptors (Lipinski definition) is 4. The zero-order chi connectivity index (χ0) is 24.7. The molecule has 1 atom stereocenters. The Labute approximate surface area is 212 Å². The minimum Gasteiger partial charge on any atom is -0.449 e. The summed E-state index contributed by atoms with van der Waals surface area (Å²) in [5.74, 6) is 0.191. The molecule has 3 aromatic carbocycles. The fraction of sp³-hybridized carbons (Fsp3) is 0.333. The number of ether oxygens (including phenoxy) is 1. The summed E-state index contributed by atoms with van der Waals surface area (Å²) < 4.78 is 5.73. The van der Waals surface area contributed by atoms with Gasteiger partial charge in [-0.2, -0.15) is 0 Å². The summed E-state index contributed by atoms with van der Waals surface area (Å²) in [6.07, 6.45) is 2.04. The Morgan fingerprint density at radius 3 is 2.14 bits per heavy atom. The van der Waals surface area contributed by atoms with Crippen molar-refractivity contribution >= 4 is 12.0 Å². The lowest BCUT2D eigenvalue weighted by atomic mass is 9.90. The van der Waals surface area contributed by atoms with E-state index in [2.05, 4.69) is 40.2 Å². The van der Waals surface area contributed by atoms with Gasteiger partial charge >= 0.3 is 6.09 Å². The average molecular weight is 484 g/mol. The van der Waals surface area contributed by atoms with Gasteiger partial charge in [0.15, 0.2) is 0 Å². The number of hydrogen-bond donors (Lipinski definition) is 3. The van der Waals surface area contributed by atoms with E-state index in [1.54, 1.807) is 0 Å². The molecule has 1 aliphatic carbocycles. The molecule has 1 unspecified atom stereocenters. The van der Waals surface area contributed by atoms with Gasteiger partial charge in [-0.1, -0.05) is 78.9 Å². The SMILES string of the molecule is O=C(NC(CC1CCNCC1)C(=O)NCc1ccccc1)OCC1c2ccccc2-c2ccccc21. The van der Waals surface area contributed by atoms with Crippen LogP contribution in [0.2, 0.25) is 0 Å². The Bertz CT molecular complexity index is 1150. The summed E-state index contributed by atoms with van der Waals surface area (Å²) in [5, 5.41) is 9.23. The quantitative estimate of drug-likeness (QED) is 0.438. The van der Waals surface area contributed by atoms with E-state index in [9.17, 15) is 9.59 Å². The van der Waals surface area contributed by atoms with Crippen LogP contribution in [0.25, 0.3) is 11.1 Å². The molecule has 6 heteroatoms. The molecule has 2 aliphatic rings. The number of rotatable bonds is 8. The number of carbonyl (C=O) groups is 2. The Hall–Kier alpha value is -3.64. The standard InChI is InChI=1S/C30H33N3O3/c34-29(32-19-22-8-2-1-3-9-22)28(18-21-14-16-31-17-15-21)33-30(35)36-20-27-25-12-6-4-10-23(25)24-11-5-7-13-26(24)27/h1-13,21,27-28,31H,14-20H2,(H,32,34)(H,33,35). The number of alkyl carbamates (subject to hydrolysis) is 1. The van der Waals surface area contributed by atoms with Gasteiger partial charge in [0.05, 0.1) is 0 Å². The third-order valence-electron chi connectivity index (χ3n) is 7.29. The number of amides is 2. The van der Waals surface area contributed by atoms with Gasteiger partial charge in [-0.15, -0.1) is 0 Å². The molecule has 0 radical (unpaired) electrons. The van der Waals surface area contributed by atoms with Crippen molar-refractivity contribution in [2.45, 2.75) is 37.8 Å². The first-order chi connectivity index (χ1) is 17.7. The van der Waals surface area contributed by atoms with E-state index in [-0.39, 0.29) is 18.4 Å². The predicted molar refractivity (Wildman–Crippen MR) is 140 cm³/mol. The van der Waals surface area contributed by atoms with Gasteiger partial charge in [0.25, 0.3) is 0 Å². The van der Waals surface area contributed by atoms with Crippen LogP contribution < -0.4 is 16.0 Å². The Balaban J connectivity index is 1.23. The van der Waals surface area contributed by atoms with Crippen molar-refractivity contribution < 1.29 is 14.3 Å². The lowest BCUT2D eigenvalue weighted by molar-refractivity contribution is -0.123. The minimum atomic E-state index is -0.632. The first kappa shape index (κ1) is 24.1. The van der Waals surface area contributed by atoms with E-state index in [1.807, 2.05) is 54.6 Å². The second-order valence-corrected chi connectivity index (χ2v) is 9.65. The first-order valence-electron chi connectivity index (χ1n) is 12.8. The number of carbonyl (C=O) groups excluding carboxylic acids is 2. The van der Waals surface area contributed by atoms with Crippen LogP contribution >= 0.6 is 0 Å². The Morgan fingerprint density at radius 2 is 1.47 bits per heavy atom. The van der Waals surface area contributed by atoms with Crippen LogP contribution in [0.15, 0.2) is 78.9 Å². The van der Waals surface area contributed by atoms with E-state index >= 15 is 0 Å². The fourth-order valence-corrected chi connectivity index (χ4v) is 5.37. The second kappa shape index (κ2) is 11.4. The summed E-state index contributed by atoms with van der Waals surface area (Å²) in [4.78, 5) is 26.0. The number of nitrogens with one attached hydrogen (secondary N) is 3. The molecule has 0 aromatic heterocycles. The molecule has 1 heterocycles. The fourth-order valence-electron chi connectivity index (χ4n) is 5.37. The van der Waals surface area contributed by atoms with E-state index in [0.29, 0.717) is 18.9 Å². The molecule has 3 aromatic rings. The van der Waals surface area contributed by atoms with Gasteiger partial charge in [-0.25, -0.2) is 4.79 Å². The Morgan fingerprint density at radius 1 is 0.861 bits per heavy atom. The van der Waals surface area contributed by atoms with Crippen molar-refractivity contribution in [2.24, 2.45) is 5.92 Å². The van der Waals surface area contributed by atoms with Crippen LogP contribution in [0.5, 0.6) is 0 Å². The summed E-state index contributed by atoms with van der Waals surface area (Å²) >= 11 is 0. The molecule has 186 valence electrons. The molecule has 6 nitrogen and oxygen atoms in total. The van der Waals surface area contributed by atoms with Gasteiger partial charge in [0.1, 0.15) is 12.6 Å². The van der Waals surface area contributed by atoms with Crippen molar-refractivity contribution in [1.82, 2.24) is 16.0 Å². The van der Waals surface area contributed by atoms with Crippen molar-refractivity contribution in [3.8, 4) is 11.1 Å². The molecule has 1 fully saturated rings. The summed E-state index contributed by atoms with van der Waals surface area (Å²) in [7, 11) is 0. The smallest absolute Gasteiger partial charge is 0.407 e. The molecular formula is C30H33N3O3. The third-order valence-corrected chi connectivity index (χ3v) is 7.29.